The number of aryl methyl sites for hydroxylation is 2. The summed E-state index contributed by atoms with van der Waals surface area (Å²) in [5, 5.41) is 2.67. The number of nitrogens with one attached hydrogen (secondary N) is 1. The van der Waals surface area contributed by atoms with Crippen molar-refractivity contribution in [2.45, 2.75) is 13.8 Å². The molecular formula is C17H15N3O3. The first-order chi connectivity index (χ1) is 11.0. The van der Waals surface area contributed by atoms with Crippen molar-refractivity contribution in [3.63, 3.8) is 0 Å². The third-order valence-corrected chi connectivity index (χ3v) is 3.74. The van der Waals surface area contributed by atoms with E-state index in [0.717, 1.165) is 16.0 Å². The number of fused-ring (bicyclic) bond motifs is 1. The molecule has 1 aliphatic heterocycles. The van der Waals surface area contributed by atoms with Gasteiger partial charge in [-0.2, -0.15) is 0 Å². The largest absolute Gasteiger partial charge is 0.323 e. The molecule has 1 aromatic heterocycles. The first kappa shape index (κ1) is 14.9. The SMILES string of the molecule is Cc1ccc2c(c1)C(=O)N(CC(=O)Nc1cnccc1C)C2=O. The summed E-state index contributed by atoms with van der Waals surface area (Å²) in [6, 6.07) is 6.82. The van der Waals surface area contributed by atoms with Gasteiger partial charge in [0, 0.05) is 6.20 Å². The van der Waals surface area contributed by atoms with Gasteiger partial charge in [0.1, 0.15) is 6.54 Å². The highest BCUT2D eigenvalue weighted by atomic mass is 16.2. The van der Waals surface area contributed by atoms with Crippen LogP contribution in [0.1, 0.15) is 31.8 Å². The number of aromatic nitrogens is 1. The van der Waals surface area contributed by atoms with Crippen molar-refractivity contribution >= 4 is 23.4 Å². The van der Waals surface area contributed by atoms with Gasteiger partial charge in [0.05, 0.1) is 23.0 Å². The predicted octanol–water partition coefficient (Wildman–Crippen LogP) is 1.93. The number of pyridine rings is 1. The molecule has 0 aliphatic carbocycles. The first-order valence-corrected chi connectivity index (χ1v) is 7.14. The van der Waals surface area contributed by atoms with Gasteiger partial charge in [0.25, 0.3) is 11.8 Å². The molecule has 0 bridgehead atoms. The van der Waals surface area contributed by atoms with E-state index >= 15 is 0 Å². The van der Waals surface area contributed by atoms with Crippen LogP contribution in [-0.4, -0.2) is 34.2 Å². The Morgan fingerprint density at radius 1 is 1.13 bits per heavy atom. The molecule has 6 nitrogen and oxygen atoms in total. The third-order valence-electron chi connectivity index (χ3n) is 3.74. The van der Waals surface area contributed by atoms with Gasteiger partial charge >= 0.3 is 0 Å². The van der Waals surface area contributed by atoms with Gasteiger partial charge in [0.2, 0.25) is 5.91 Å². The standard InChI is InChI=1S/C17H15N3O3/c1-10-3-4-12-13(7-10)17(23)20(16(12)22)9-15(21)19-14-8-18-6-5-11(14)2/h3-8H,9H2,1-2H3,(H,19,21). The molecule has 0 fully saturated rings. The topological polar surface area (TPSA) is 79.4 Å². The summed E-state index contributed by atoms with van der Waals surface area (Å²) >= 11 is 0. The second kappa shape index (κ2) is 5.64. The monoisotopic (exact) mass is 309 g/mol. The number of rotatable bonds is 3. The van der Waals surface area contributed by atoms with Crippen molar-refractivity contribution in [1.82, 2.24) is 9.88 Å². The van der Waals surface area contributed by atoms with Crippen molar-refractivity contribution in [3.05, 3.63) is 58.9 Å². The van der Waals surface area contributed by atoms with E-state index in [2.05, 4.69) is 10.3 Å². The molecule has 1 aromatic carbocycles. The van der Waals surface area contributed by atoms with Gasteiger partial charge < -0.3 is 5.32 Å². The van der Waals surface area contributed by atoms with Gasteiger partial charge in [-0.1, -0.05) is 11.6 Å². The second-order valence-corrected chi connectivity index (χ2v) is 5.48. The van der Waals surface area contributed by atoms with Crippen molar-refractivity contribution in [3.8, 4) is 0 Å². The van der Waals surface area contributed by atoms with Gasteiger partial charge in [-0.15, -0.1) is 0 Å². The molecule has 116 valence electrons. The van der Waals surface area contributed by atoms with E-state index in [1.54, 1.807) is 30.5 Å². The molecule has 1 N–H and O–H groups in total. The van der Waals surface area contributed by atoms with Gasteiger partial charge in [-0.3, -0.25) is 24.3 Å². The lowest BCUT2D eigenvalue weighted by Crippen LogP contribution is -2.37. The number of amides is 3. The van der Waals surface area contributed by atoms with Crippen LogP contribution in [0, 0.1) is 13.8 Å². The van der Waals surface area contributed by atoms with E-state index in [1.807, 2.05) is 13.8 Å². The molecule has 1 aliphatic rings. The Kier molecular flexibility index (Phi) is 3.65. The van der Waals surface area contributed by atoms with Gasteiger partial charge in [-0.05, 0) is 37.6 Å². The zero-order valence-electron chi connectivity index (χ0n) is 12.8. The van der Waals surface area contributed by atoms with Crippen LogP contribution in [-0.2, 0) is 4.79 Å². The molecule has 0 saturated carbocycles. The number of benzene rings is 1. The maximum absolute atomic E-state index is 12.3. The van der Waals surface area contributed by atoms with Crippen LogP contribution >= 0.6 is 0 Å². The highest BCUT2D eigenvalue weighted by molar-refractivity contribution is 6.22. The summed E-state index contributed by atoms with van der Waals surface area (Å²) in [7, 11) is 0. The zero-order valence-corrected chi connectivity index (χ0v) is 12.8. The molecule has 0 unspecified atom stereocenters. The van der Waals surface area contributed by atoms with Crippen LogP contribution in [0.2, 0.25) is 0 Å². The summed E-state index contributed by atoms with van der Waals surface area (Å²) in [5.41, 5.74) is 2.99. The minimum Gasteiger partial charge on any atom is -0.323 e. The fraction of sp³-hybridized carbons (Fsp3) is 0.176. The number of carbonyl (C=O) groups excluding carboxylic acids is 3. The molecule has 0 atom stereocenters. The minimum atomic E-state index is -0.442. The van der Waals surface area contributed by atoms with E-state index in [4.69, 9.17) is 0 Å². The molecule has 0 saturated heterocycles. The van der Waals surface area contributed by atoms with E-state index < -0.39 is 17.7 Å². The number of anilines is 1. The zero-order chi connectivity index (χ0) is 16.6. The number of imide groups is 1. The maximum Gasteiger partial charge on any atom is 0.262 e. The van der Waals surface area contributed by atoms with Crippen LogP contribution in [0.15, 0.2) is 36.7 Å². The van der Waals surface area contributed by atoms with Crippen LogP contribution < -0.4 is 5.32 Å². The quantitative estimate of drug-likeness (QED) is 0.879. The van der Waals surface area contributed by atoms with E-state index in [-0.39, 0.29) is 6.54 Å². The molecule has 0 spiro atoms. The smallest absolute Gasteiger partial charge is 0.262 e. The lowest BCUT2D eigenvalue weighted by atomic mass is 10.1. The number of nitrogens with zero attached hydrogens (tertiary/aromatic N) is 2. The van der Waals surface area contributed by atoms with E-state index in [9.17, 15) is 14.4 Å². The molecule has 3 rings (SSSR count). The number of hydrogen-bond donors (Lipinski definition) is 1. The Morgan fingerprint density at radius 2 is 1.87 bits per heavy atom. The third kappa shape index (κ3) is 2.70. The van der Waals surface area contributed by atoms with Crippen LogP contribution in [0.4, 0.5) is 5.69 Å². The summed E-state index contributed by atoms with van der Waals surface area (Å²) < 4.78 is 0. The number of hydrogen-bond acceptors (Lipinski definition) is 4. The molecule has 3 amide bonds. The average Bonchev–Trinajstić information content (AvgIpc) is 2.74. The summed E-state index contributed by atoms with van der Waals surface area (Å²) in [6.45, 7) is 3.36. The molecule has 2 heterocycles. The Labute approximate surface area is 133 Å². The molecule has 2 aromatic rings. The van der Waals surface area contributed by atoms with Crippen molar-refractivity contribution in [2.24, 2.45) is 0 Å². The summed E-state index contributed by atoms with van der Waals surface area (Å²) in [4.78, 5) is 41.7. The normalized spacial score (nSPS) is 13.2. The highest BCUT2D eigenvalue weighted by Crippen LogP contribution is 2.23. The fourth-order valence-corrected chi connectivity index (χ4v) is 2.48. The van der Waals surface area contributed by atoms with Crippen LogP contribution in [0.5, 0.6) is 0 Å². The molecule has 23 heavy (non-hydrogen) atoms. The summed E-state index contributed by atoms with van der Waals surface area (Å²) in [5.74, 6) is -1.32. The Hall–Kier alpha value is -3.02. The average molecular weight is 309 g/mol. The maximum atomic E-state index is 12.3. The highest BCUT2D eigenvalue weighted by Gasteiger charge is 2.36. The van der Waals surface area contributed by atoms with E-state index in [0.29, 0.717) is 16.8 Å². The lowest BCUT2D eigenvalue weighted by molar-refractivity contribution is -0.116. The van der Waals surface area contributed by atoms with Crippen molar-refractivity contribution in [1.29, 1.82) is 0 Å². The Balaban J connectivity index is 1.77. The molecule has 0 radical (unpaired) electrons. The second-order valence-electron chi connectivity index (χ2n) is 5.48. The first-order valence-electron chi connectivity index (χ1n) is 7.14. The minimum absolute atomic E-state index is 0.320. The Bertz CT molecular complexity index is 830. The fourth-order valence-electron chi connectivity index (χ4n) is 2.48. The van der Waals surface area contributed by atoms with Crippen molar-refractivity contribution in [2.75, 3.05) is 11.9 Å². The van der Waals surface area contributed by atoms with Crippen LogP contribution in [0.3, 0.4) is 0 Å². The van der Waals surface area contributed by atoms with Gasteiger partial charge in [-0.25, -0.2) is 0 Å². The predicted molar refractivity (Wildman–Crippen MR) is 84.1 cm³/mol. The van der Waals surface area contributed by atoms with Gasteiger partial charge in [0.15, 0.2) is 0 Å². The van der Waals surface area contributed by atoms with E-state index in [1.165, 1.54) is 6.20 Å². The lowest BCUT2D eigenvalue weighted by Gasteiger charge is -2.14. The van der Waals surface area contributed by atoms with Crippen LogP contribution in [0.25, 0.3) is 0 Å². The molecule has 6 heteroatoms. The summed E-state index contributed by atoms with van der Waals surface area (Å²) in [6.07, 6.45) is 3.15. The van der Waals surface area contributed by atoms with Crippen molar-refractivity contribution < 1.29 is 14.4 Å². The number of carbonyl (C=O) groups is 3. The Morgan fingerprint density at radius 3 is 2.61 bits per heavy atom. The molecular weight excluding hydrogens is 294 g/mol.